The van der Waals surface area contributed by atoms with E-state index >= 15 is 0 Å². The largest absolute Gasteiger partial charge is 0.492 e. The molecule has 2 amide bonds. The normalized spacial score (nSPS) is 10.5. The van der Waals surface area contributed by atoms with Crippen LogP contribution >= 0.6 is 0 Å². The summed E-state index contributed by atoms with van der Waals surface area (Å²) in [4.78, 5) is 11.8. The molecule has 2 aromatic rings. The molecule has 0 saturated heterocycles. The van der Waals surface area contributed by atoms with Gasteiger partial charge in [-0.15, -0.1) is 0 Å². The number of hydrogen-bond acceptors (Lipinski definition) is 2. The molecule has 4 nitrogen and oxygen atoms in total. The van der Waals surface area contributed by atoms with Crippen molar-refractivity contribution in [2.24, 2.45) is 0 Å². The average Bonchev–Trinajstić information content (AvgIpc) is 2.58. The molecule has 0 aliphatic heterocycles. The number of amides is 2. The van der Waals surface area contributed by atoms with Gasteiger partial charge in [-0.25, -0.2) is 4.79 Å². The zero-order chi connectivity index (χ0) is 17.4. The van der Waals surface area contributed by atoms with Crippen LogP contribution in [0.2, 0.25) is 0 Å². The molecule has 24 heavy (non-hydrogen) atoms. The monoisotopic (exact) mass is 326 g/mol. The summed E-state index contributed by atoms with van der Waals surface area (Å²) >= 11 is 0. The smallest absolute Gasteiger partial charge is 0.315 e. The Morgan fingerprint density at radius 1 is 1.08 bits per heavy atom. The van der Waals surface area contributed by atoms with Gasteiger partial charge in [0.05, 0.1) is 6.54 Å². The van der Waals surface area contributed by atoms with E-state index in [9.17, 15) is 4.79 Å². The van der Waals surface area contributed by atoms with Crippen LogP contribution < -0.4 is 15.4 Å². The van der Waals surface area contributed by atoms with Crippen molar-refractivity contribution in [3.8, 4) is 5.75 Å². The quantitative estimate of drug-likeness (QED) is 0.756. The summed E-state index contributed by atoms with van der Waals surface area (Å²) in [5.41, 5.74) is 3.54. The maximum atomic E-state index is 11.8. The van der Waals surface area contributed by atoms with Gasteiger partial charge < -0.3 is 15.4 Å². The first-order chi connectivity index (χ1) is 11.5. The number of hydrogen-bond donors (Lipinski definition) is 2. The van der Waals surface area contributed by atoms with Gasteiger partial charge in [0.1, 0.15) is 12.4 Å². The SMILES string of the molecule is Cc1ccc(CNC(=O)NCCOc2cccc(C(C)C)c2)cc1. The van der Waals surface area contributed by atoms with Crippen LogP contribution in [0.3, 0.4) is 0 Å². The Morgan fingerprint density at radius 2 is 1.83 bits per heavy atom. The van der Waals surface area contributed by atoms with E-state index in [1.54, 1.807) is 0 Å². The van der Waals surface area contributed by atoms with Gasteiger partial charge in [-0.3, -0.25) is 0 Å². The van der Waals surface area contributed by atoms with Crippen molar-refractivity contribution in [2.45, 2.75) is 33.2 Å². The fourth-order valence-electron chi connectivity index (χ4n) is 2.25. The molecule has 0 unspecified atom stereocenters. The summed E-state index contributed by atoms with van der Waals surface area (Å²) in [7, 11) is 0. The van der Waals surface area contributed by atoms with Gasteiger partial charge in [0.2, 0.25) is 0 Å². The maximum absolute atomic E-state index is 11.8. The molecular weight excluding hydrogens is 300 g/mol. The van der Waals surface area contributed by atoms with Gasteiger partial charge >= 0.3 is 6.03 Å². The number of nitrogens with one attached hydrogen (secondary N) is 2. The van der Waals surface area contributed by atoms with E-state index < -0.39 is 0 Å². The van der Waals surface area contributed by atoms with E-state index in [0.29, 0.717) is 25.6 Å². The Hall–Kier alpha value is -2.49. The lowest BCUT2D eigenvalue weighted by molar-refractivity contribution is 0.236. The fraction of sp³-hybridized carbons (Fsp3) is 0.350. The zero-order valence-corrected chi connectivity index (χ0v) is 14.6. The molecular formula is C20H26N2O2. The molecule has 0 heterocycles. The second-order valence-electron chi connectivity index (χ2n) is 6.17. The molecule has 0 radical (unpaired) electrons. The van der Waals surface area contributed by atoms with E-state index in [1.807, 2.05) is 49.4 Å². The van der Waals surface area contributed by atoms with Crippen molar-refractivity contribution in [3.05, 3.63) is 65.2 Å². The highest BCUT2D eigenvalue weighted by molar-refractivity contribution is 5.73. The van der Waals surface area contributed by atoms with Crippen molar-refractivity contribution >= 4 is 6.03 Å². The van der Waals surface area contributed by atoms with Gasteiger partial charge in [0.15, 0.2) is 0 Å². The Labute approximate surface area is 144 Å². The molecule has 2 aromatic carbocycles. The second kappa shape index (κ2) is 8.96. The third-order valence-electron chi connectivity index (χ3n) is 3.75. The zero-order valence-electron chi connectivity index (χ0n) is 14.6. The fourth-order valence-corrected chi connectivity index (χ4v) is 2.25. The van der Waals surface area contributed by atoms with Gasteiger partial charge in [0, 0.05) is 6.54 Å². The van der Waals surface area contributed by atoms with E-state index in [1.165, 1.54) is 11.1 Å². The molecule has 0 aliphatic rings. The molecule has 0 atom stereocenters. The minimum Gasteiger partial charge on any atom is -0.492 e. The van der Waals surface area contributed by atoms with Crippen LogP contribution in [-0.2, 0) is 6.54 Å². The molecule has 2 rings (SSSR count). The highest BCUT2D eigenvalue weighted by atomic mass is 16.5. The summed E-state index contributed by atoms with van der Waals surface area (Å²) in [6.07, 6.45) is 0. The minimum absolute atomic E-state index is 0.185. The topological polar surface area (TPSA) is 50.4 Å². The number of aryl methyl sites for hydroxylation is 1. The lowest BCUT2D eigenvalue weighted by Crippen LogP contribution is -2.37. The van der Waals surface area contributed by atoms with Crippen LogP contribution in [0.4, 0.5) is 4.79 Å². The standard InChI is InChI=1S/C20H26N2O2/c1-15(2)18-5-4-6-19(13-18)24-12-11-21-20(23)22-14-17-9-7-16(3)8-10-17/h4-10,13,15H,11-12,14H2,1-3H3,(H2,21,22,23). The van der Waals surface area contributed by atoms with Gasteiger partial charge in [-0.1, -0.05) is 55.8 Å². The Morgan fingerprint density at radius 3 is 2.54 bits per heavy atom. The van der Waals surface area contributed by atoms with E-state index in [-0.39, 0.29) is 6.03 Å². The summed E-state index contributed by atoms with van der Waals surface area (Å²) in [6, 6.07) is 16.0. The summed E-state index contributed by atoms with van der Waals surface area (Å²) < 4.78 is 5.68. The van der Waals surface area contributed by atoms with E-state index in [4.69, 9.17) is 4.74 Å². The molecule has 4 heteroatoms. The molecule has 0 aromatic heterocycles. The lowest BCUT2D eigenvalue weighted by Gasteiger charge is -2.11. The highest BCUT2D eigenvalue weighted by Crippen LogP contribution is 2.19. The molecule has 0 bridgehead atoms. The number of carbonyl (C=O) groups excluding carboxylic acids is 1. The average molecular weight is 326 g/mol. The second-order valence-corrected chi connectivity index (χ2v) is 6.17. The number of ether oxygens (including phenoxy) is 1. The number of carbonyl (C=O) groups is 1. The first-order valence-corrected chi connectivity index (χ1v) is 8.34. The molecule has 0 saturated carbocycles. The first-order valence-electron chi connectivity index (χ1n) is 8.34. The highest BCUT2D eigenvalue weighted by Gasteiger charge is 2.02. The van der Waals surface area contributed by atoms with Crippen molar-refractivity contribution in [1.29, 1.82) is 0 Å². The molecule has 128 valence electrons. The Kier molecular flexibility index (Phi) is 6.67. The van der Waals surface area contributed by atoms with Gasteiger partial charge in [-0.05, 0) is 36.1 Å². The molecule has 0 fully saturated rings. The maximum Gasteiger partial charge on any atom is 0.315 e. The number of rotatable bonds is 7. The Balaban J connectivity index is 1.65. The van der Waals surface area contributed by atoms with Crippen molar-refractivity contribution in [1.82, 2.24) is 10.6 Å². The predicted octanol–water partition coefficient (Wildman–Crippen LogP) is 4.00. The molecule has 0 aliphatic carbocycles. The van der Waals surface area contributed by atoms with Crippen molar-refractivity contribution < 1.29 is 9.53 Å². The minimum atomic E-state index is -0.185. The van der Waals surface area contributed by atoms with Crippen LogP contribution in [0.1, 0.15) is 36.5 Å². The third-order valence-corrected chi connectivity index (χ3v) is 3.75. The lowest BCUT2D eigenvalue weighted by atomic mass is 10.0. The summed E-state index contributed by atoms with van der Waals surface area (Å²) in [5.74, 6) is 1.31. The summed E-state index contributed by atoms with van der Waals surface area (Å²) in [5, 5.41) is 5.63. The van der Waals surface area contributed by atoms with Crippen LogP contribution in [-0.4, -0.2) is 19.2 Å². The predicted molar refractivity (Wildman–Crippen MR) is 97.4 cm³/mol. The molecule has 2 N–H and O–H groups in total. The van der Waals surface area contributed by atoms with Crippen LogP contribution in [0.25, 0.3) is 0 Å². The van der Waals surface area contributed by atoms with Crippen molar-refractivity contribution in [2.75, 3.05) is 13.2 Å². The summed E-state index contributed by atoms with van der Waals surface area (Å²) in [6.45, 7) is 7.77. The van der Waals surface area contributed by atoms with E-state index in [0.717, 1.165) is 11.3 Å². The van der Waals surface area contributed by atoms with E-state index in [2.05, 4.69) is 30.5 Å². The number of urea groups is 1. The molecule has 0 spiro atoms. The van der Waals surface area contributed by atoms with Gasteiger partial charge in [-0.2, -0.15) is 0 Å². The third kappa shape index (κ3) is 5.95. The van der Waals surface area contributed by atoms with Crippen molar-refractivity contribution in [3.63, 3.8) is 0 Å². The van der Waals surface area contributed by atoms with Gasteiger partial charge in [0.25, 0.3) is 0 Å². The van der Waals surface area contributed by atoms with Crippen LogP contribution in [0, 0.1) is 6.92 Å². The number of benzene rings is 2. The van der Waals surface area contributed by atoms with Crippen LogP contribution in [0.15, 0.2) is 48.5 Å². The van der Waals surface area contributed by atoms with Crippen LogP contribution in [0.5, 0.6) is 5.75 Å². The first kappa shape index (κ1) is 17.9. The Bertz CT molecular complexity index is 651.